The van der Waals surface area contributed by atoms with Crippen LogP contribution in [-0.2, 0) is 9.59 Å². The van der Waals surface area contributed by atoms with Crippen LogP contribution >= 0.6 is 11.8 Å². The first-order chi connectivity index (χ1) is 13.0. The third kappa shape index (κ3) is 4.50. The highest BCUT2D eigenvalue weighted by Gasteiger charge is 2.35. The first-order valence-electron chi connectivity index (χ1n) is 9.09. The summed E-state index contributed by atoms with van der Waals surface area (Å²) in [4.78, 5) is 25.8. The molecule has 0 bridgehead atoms. The summed E-state index contributed by atoms with van der Waals surface area (Å²) in [5, 5.41) is 2.60. The van der Waals surface area contributed by atoms with Crippen molar-refractivity contribution in [3.8, 4) is 0 Å². The number of thioether (sulfide) groups is 1. The van der Waals surface area contributed by atoms with Crippen LogP contribution in [0.25, 0.3) is 0 Å². The number of aryl methyl sites for hydroxylation is 1. The summed E-state index contributed by atoms with van der Waals surface area (Å²) in [7, 11) is 0. The van der Waals surface area contributed by atoms with E-state index >= 15 is 0 Å². The van der Waals surface area contributed by atoms with Crippen molar-refractivity contribution in [3.63, 3.8) is 0 Å². The van der Waals surface area contributed by atoms with Crippen LogP contribution < -0.4 is 10.2 Å². The SMILES string of the molecule is CCCCC(=O)Nc1ccc(C2SCC(=O)N2c2cc(C)ccc2F)cc1. The normalized spacial score (nSPS) is 16.6. The van der Waals surface area contributed by atoms with Crippen LogP contribution in [0, 0.1) is 12.7 Å². The molecule has 1 saturated heterocycles. The first kappa shape index (κ1) is 19.4. The van der Waals surface area contributed by atoms with Gasteiger partial charge in [-0.1, -0.05) is 31.5 Å². The summed E-state index contributed by atoms with van der Waals surface area (Å²) in [6, 6.07) is 12.2. The Morgan fingerprint density at radius 1 is 1.26 bits per heavy atom. The van der Waals surface area contributed by atoms with Crippen molar-refractivity contribution < 1.29 is 14.0 Å². The summed E-state index contributed by atoms with van der Waals surface area (Å²) >= 11 is 1.47. The summed E-state index contributed by atoms with van der Waals surface area (Å²) in [6.07, 6.45) is 2.35. The number of anilines is 2. The lowest BCUT2D eigenvalue weighted by Gasteiger charge is -2.25. The van der Waals surface area contributed by atoms with Crippen molar-refractivity contribution in [2.45, 2.75) is 38.5 Å². The van der Waals surface area contributed by atoms with Gasteiger partial charge in [-0.05, 0) is 48.7 Å². The Hall–Kier alpha value is -2.34. The lowest BCUT2D eigenvalue weighted by atomic mass is 10.1. The van der Waals surface area contributed by atoms with Crippen LogP contribution in [0.15, 0.2) is 42.5 Å². The fraction of sp³-hybridized carbons (Fsp3) is 0.333. The van der Waals surface area contributed by atoms with Crippen LogP contribution in [0.5, 0.6) is 0 Å². The van der Waals surface area contributed by atoms with E-state index in [9.17, 15) is 14.0 Å². The molecular weight excluding hydrogens is 363 g/mol. The fourth-order valence-electron chi connectivity index (χ4n) is 3.03. The van der Waals surface area contributed by atoms with Crippen molar-refractivity contribution in [2.75, 3.05) is 16.0 Å². The number of nitrogens with zero attached hydrogens (tertiary/aromatic N) is 1. The molecule has 27 heavy (non-hydrogen) atoms. The van der Waals surface area contributed by atoms with E-state index < -0.39 is 5.82 Å². The number of unbranched alkanes of at least 4 members (excludes halogenated alkanes) is 1. The quantitative estimate of drug-likeness (QED) is 0.756. The molecule has 1 unspecified atom stereocenters. The molecule has 2 aromatic carbocycles. The number of carbonyl (C=O) groups excluding carboxylic acids is 2. The Morgan fingerprint density at radius 3 is 2.70 bits per heavy atom. The molecule has 4 nitrogen and oxygen atoms in total. The molecule has 1 N–H and O–H groups in total. The number of benzene rings is 2. The Morgan fingerprint density at radius 2 is 2.00 bits per heavy atom. The molecule has 1 atom stereocenters. The van der Waals surface area contributed by atoms with Crippen LogP contribution in [0.3, 0.4) is 0 Å². The van der Waals surface area contributed by atoms with Crippen molar-refractivity contribution in [3.05, 3.63) is 59.4 Å². The predicted octanol–water partition coefficient (Wildman–Crippen LogP) is 5.04. The van der Waals surface area contributed by atoms with Gasteiger partial charge in [0.05, 0.1) is 11.4 Å². The highest BCUT2D eigenvalue weighted by Crippen LogP contribution is 2.42. The van der Waals surface area contributed by atoms with Gasteiger partial charge in [-0.15, -0.1) is 11.8 Å². The second kappa shape index (κ2) is 8.57. The zero-order chi connectivity index (χ0) is 19.4. The maximum atomic E-state index is 14.3. The molecule has 2 aromatic rings. The molecule has 2 amide bonds. The minimum atomic E-state index is -0.402. The summed E-state index contributed by atoms with van der Waals surface area (Å²) in [5.74, 6) is -0.195. The zero-order valence-electron chi connectivity index (χ0n) is 15.5. The standard InChI is InChI=1S/C21H23FN2O2S/c1-3-4-5-19(25)23-16-9-7-15(8-10-16)21-24(20(26)13-27-21)18-12-14(2)6-11-17(18)22/h6-12,21H,3-5,13H2,1-2H3,(H,23,25). The molecule has 142 valence electrons. The van der Waals surface area contributed by atoms with Gasteiger partial charge in [0.2, 0.25) is 11.8 Å². The van der Waals surface area contributed by atoms with Crippen LogP contribution in [0.4, 0.5) is 15.8 Å². The summed E-state index contributed by atoms with van der Waals surface area (Å²) in [5.41, 5.74) is 2.84. The van der Waals surface area contributed by atoms with E-state index in [0.29, 0.717) is 17.9 Å². The molecule has 1 aliphatic heterocycles. The highest BCUT2D eigenvalue weighted by molar-refractivity contribution is 8.00. The van der Waals surface area contributed by atoms with E-state index in [1.54, 1.807) is 12.1 Å². The van der Waals surface area contributed by atoms with Crippen LogP contribution in [-0.4, -0.2) is 17.6 Å². The van der Waals surface area contributed by atoms with E-state index in [-0.39, 0.29) is 17.2 Å². The Kier molecular flexibility index (Phi) is 6.16. The van der Waals surface area contributed by atoms with Gasteiger partial charge in [0.15, 0.2) is 0 Å². The van der Waals surface area contributed by atoms with E-state index in [0.717, 1.165) is 29.7 Å². The Labute approximate surface area is 163 Å². The lowest BCUT2D eigenvalue weighted by molar-refractivity contribution is -0.116. The number of rotatable bonds is 6. The number of hydrogen-bond donors (Lipinski definition) is 1. The first-order valence-corrected chi connectivity index (χ1v) is 10.1. The molecule has 1 aliphatic rings. The molecule has 0 radical (unpaired) electrons. The molecule has 1 heterocycles. The Bertz CT molecular complexity index is 839. The van der Waals surface area contributed by atoms with E-state index in [1.165, 1.54) is 22.7 Å². The van der Waals surface area contributed by atoms with E-state index in [2.05, 4.69) is 5.32 Å². The Balaban J connectivity index is 1.79. The molecule has 3 rings (SSSR count). The molecule has 0 spiro atoms. The molecule has 0 aliphatic carbocycles. The van der Waals surface area contributed by atoms with E-state index in [4.69, 9.17) is 0 Å². The predicted molar refractivity (Wildman–Crippen MR) is 108 cm³/mol. The molecule has 0 aromatic heterocycles. The second-order valence-electron chi connectivity index (χ2n) is 6.66. The minimum absolute atomic E-state index is 0.00141. The van der Waals surface area contributed by atoms with Gasteiger partial charge >= 0.3 is 0 Å². The topological polar surface area (TPSA) is 49.4 Å². The number of amides is 2. The highest BCUT2D eigenvalue weighted by atomic mass is 32.2. The van der Waals surface area contributed by atoms with Gasteiger partial charge in [-0.2, -0.15) is 0 Å². The lowest BCUT2D eigenvalue weighted by Crippen LogP contribution is -2.28. The average molecular weight is 386 g/mol. The molecule has 1 fully saturated rings. The van der Waals surface area contributed by atoms with Crippen molar-refractivity contribution in [1.82, 2.24) is 0 Å². The van der Waals surface area contributed by atoms with Crippen molar-refractivity contribution in [2.24, 2.45) is 0 Å². The van der Waals surface area contributed by atoms with Crippen molar-refractivity contribution >= 4 is 35.0 Å². The number of carbonyl (C=O) groups is 2. The van der Waals surface area contributed by atoms with Gasteiger partial charge in [0.1, 0.15) is 11.2 Å². The van der Waals surface area contributed by atoms with E-state index in [1.807, 2.05) is 38.1 Å². The molecule has 0 saturated carbocycles. The third-order valence-electron chi connectivity index (χ3n) is 4.47. The fourth-order valence-corrected chi connectivity index (χ4v) is 4.20. The molecular formula is C21H23FN2O2S. The van der Waals surface area contributed by atoms with Crippen LogP contribution in [0.2, 0.25) is 0 Å². The monoisotopic (exact) mass is 386 g/mol. The second-order valence-corrected chi connectivity index (χ2v) is 7.72. The third-order valence-corrected chi connectivity index (χ3v) is 5.68. The maximum Gasteiger partial charge on any atom is 0.238 e. The van der Waals surface area contributed by atoms with Gasteiger partial charge < -0.3 is 5.32 Å². The van der Waals surface area contributed by atoms with Gasteiger partial charge in [-0.3, -0.25) is 14.5 Å². The zero-order valence-corrected chi connectivity index (χ0v) is 16.3. The number of nitrogens with one attached hydrogen (secondary N) is 1. The van der Waals surface area contributed by atoms with Gasteiger partial charge in [0.25, 0.3) is 0 Å². The summed E-state index contributed by atoms with van der Waals surface area (Å²) in [6.45, 7) is 3.92. The average Bonchev–Trinajstić information content (AvgIpc) is 3.04. The van der Waals surface area contributed by atoms with Gasteiger partial charge in [0, 0.05) is 12.1 Å². The minimum Gasteiger partial charge on any atom is -0.326 e. The number of hydrogen-bond acceptors (Lipinski definition) is 3. The largest absolute Gasteiger partial charge is 0.326 e. The number of halogens is 1. The molecule has 6 heteroatoms. The smallest absolute Gasteiger partial charge is 0.238 e. The van der Waals surface area contributed by atoms with Gasteiger partial charge in [-0.25, -0.2) is 4.39 Å². The summed E-state index contributed by atoms with van der Waals surface area (Å²) < 4.78 is 14.3. The van der Waals surface area contributed by atoms with Crippen LogP contribution in [0.1, 0.15) is 42.7 Å². The van der Waals surface area contributed by atoms with Crippen molar-refractivity contribution in [1.29, 1.82) is 0 Å². The maximum absolute atomic E-state index is 14.3.